The molecule has 1 aliphatic heterocycles. The van der Waals surface area contributed by atoms with Crippen molar-refractivity contribution in [2.75, 3.05) is 32.1 Å². The van der Waals surface area contributed by atoms with Gasteiger partial charge in [0.2, 0.25) is 5.95 Å². The maximum Gasteiger partial charge on any atom is 0.257 e. The first-order chi connectivity index (χ1) is 11.8. The van der Waals surface area contributed by atoms with Gasteiger partial charge in [-0.2, -0.15) is 0 Å². The normalized spacial score (nSPS) is 20.1. The van der Waals surface area contributed by atoms with Gasteiger partial charge in [0.05, 0.1) is 23.1 Å². The molecule has 2 atom stereocenters. The minimum absolute atomic E-state index is 0.0708. The quantitative estimate of drug-likeness (QED) is 0.876. The van der Waals surface area contributed by atoms with E-state index < -0.39 is 6.10 Å². The number of carbonyl (C=O) groups excluding carboxylic acids is 1. The van der Waals surface area contributed by atoms with Crippen LogP contribution >= 0.6 is 0 Å². The Kier molecular flexibility index (Phi) is 4.71. The molecule has 0 saturated carbocycles. The molecule has 1 saturated heterocycles. The molecule has 3 heterocycles. The Morgan fingerprint density at radius 3 is 2.76 bits per heavy atom. The Bertz CT molecular complexity index is 773. The lowest BCUT2D eigenvalue weighted by Crippen LogP contribution is -2.30. The highest BCUT2D eigenvalue weighted by Gasteiger charge is 2.35. The third-order valence-corrected chi connectivity index (χ3v) is 4.43. The molecule has 0 spiro atoms. The van der Waals surface area contributed by atoms with Gasteiger partial charge in [-0.1, -0.05) is 5.16 Å². The number of nitrogens with zero attached hydrogens (tertiary/aromatic N) is 5. The number of hydrogen-bond acceptors (Lipinski definition) is 7. The van der Waals surface area contributed by atoms with E-state index in [1.165, 1.54) is 0 Å². The predicted octanol–water partition coefficient (Wildman–Crippen LogP) is 0.823. The fourth-order valence-electron chi connectivity index (χ4n) is 3.04. The summed E-state index contributed by atoms with van der Waals surface area (Å²) in [6.07, 6.45) is 1.53. The van der Waals surface area contributed by atoms with Gasteiger partial charge in [0, 0.05) is 51.8 Å². The summed E-state index contributed by atoms with van der Waals surface area (Å²) in [4.78, 5) is 24.8. The van der Waals surface area contributed by atoms with E-state index in [9.17, 15) is 9.90 Å². The van der Waals surface area contributed by atoms with Gasteiger partial charge < -0.3 is 19.4 Å². The summed E-state index contributed by atoms with van der Waals surface area (Å²) >= 11 is 0. The number of β-amino-alcohol motifs (C(OH)–C–C–N with tert-alkyl or cyclic N) is 1. The molecule has 25 heavy (non-hydrogen) atoms. The Labute approximate surface area is 146 Å². The molecule has 0 bridgehead atoms. The second kappa shape index (κ2) is 6.79. The van der Waals surface area contributed by atoms with Gasteiger partial charge in [-0.3, -0.25) is 4.79 Å². The van der Waals surface area contributed by atoms with Gasteiger partial charge in [0.15, 0.2) is 0 Å². The molecule has 1 N–H and O–H groups in total. The monoisotopic (exact) mass is 345 g/mol. The maximum absolute atomic E-state index is 12.8. The van der Waals surface area contributed by atoms with E-state index in [1.807, 2.05) is 27.1 Å². The zero-order valence-corrected chi connectivity index (χ0v) is 14.9. The van der Waals surface area contributed by atoms with Crippen LogP contribution in [0, 0.1) is 19.8 Å². The number of aryl methyl sites for hydroxylation is 2. The molecular formula is C17H23N5O3. The molecule has 0 aromatic carbocycles. The third kappa shape index (κ3) is 3.63. The smallest absolute Gasteiger partial charge is 0.257 e. The topological polar surface area (TPSA) is 95.6 Å². The first-order valence-electron chi connectivity index (χ1n) is 8.25. The van der Waals surface area contributed by atoms with Gasteiger partial charge in [-0.25, -0.2) is 9.97 Å². The van der Waals surface area contributed by atoms with Crippen molar-refractivity contribution in [3.63, 3.8) is 0 Å². The van der Waals surface area contributed by atoms with Crippen LogP contribution in [0.1, 0.15) is 27.5 Å². The summed E-state index contributed by atoms with van der Waals surface area (Å²) in [5, 5.41) is 14.2. The van der Waals surface area contributed by atoms with Crippen molar-refractivity contribution in [1.82, 2.24) is 20.0 Å². The second-order valence-corrected chi connectivity index (χ2v) is 6.74. The Balaban J connectivity index is 1.71. The highest BCUT2D eigenvalue weighted by molar-refractivity contribution is 5.95. The minimum atomic E-state index is -0.586. The number of aliphatic hydroxyl groups excluding tert-OH is 1. The second-order valence-electron chi connectivity index (χ2n) is 6.74. The van der Waals surface area contributed by atoms with Crippen molar-refractivity contribution in [3.05, 3.63) is 35.0 Å². The standard InChI is InChI=1S/C17H23N5O3/c1-10-5-13(25-20-10)6-12-8-22(9-15(12)23)16(24)14-7-18-17(21(3)4)19-11(14)2/h5,7,12,15,23H,6,8-9H2,1-4H3/t12-,15-/m1/s1. The number of aromatic nitrogens is 3. The summed E-state index contributed by atoms with van der Waals surface area (Å²) in [5.74, 6) is 1.07. The van der Waals surface area contributed by atoms with Gasteiger partial charge in [0.1, 0.15) is 5.76 Å². The number of aliphatic hydroxyl groups is 1. The third-order valence-electron chi connectivity index (χ3n) is 4.43. The van der Waals surface area contributed by atoms with E-state index >= 15 is 0 Å². The summed E-state index contributed by atoms with van der Waals surface area (Å²) in [6, 6.07) is 1.86. The Morgan fingerprint density at radius 1 is 1.40 bits per heavy atom. The van der Waals surface area contributed by atoms with E-state index in [2.05, 4.69) is 15.1 Å². The lowest BCUT2D eigenvalue weighted by atomic mass is 10.0. The van der Waals surface area contributed by atoms with Crippen LogP contribution in [0.15, 0.2) is 16.8 Å². The molecule has 3 rings (SSSR count). The minimum Gasteiger partial charge on any atom is -0.391 e. The fraction of sp³-hybridized carbons (Fsp3) is 0.529. The van der Waals surface area contributed by atoms with Crippen molar-refractivity contribution in [2.24, 2.45) is 5.92 Å². The van der Waals surface area contributed by atoms with E-state index in [-0.39, 0.29) is 11.8 Å². The number of hydrogen-bond donors (Lipinski definition) is 1. The highest BCUT2D eigenvalue weighted by atomic mass is 16.5. The number of carbonyl (C=O) groups is 1. The maximum atomic E-state index is 12.8. The van der Waals surface area contributed by atoms with Crippen LogP contribution in [0.3, 0.4) is 0 Å². The average molecular weight is 345 g/mol. The van der Waals surface area contributed by atoms with Crippen molar-refractivity contribution in [2.45, 2.75) is 26.4 Å². The van der Waals surface area contributed by atoms with Crippen LogP contribution in [-0.4, -0.2) is 64.3 Å². The van der Waals surface area contributed by atoms with Crippen LogP contribution in [-0.2, 0) is 6.42 Å². The van der Waals surface area contributed by atoms with E-state index in [0.717, 1.165) is 11.5 Å². The first-order valence-corrected chi connectivity index (χ1v) is 8.25. The zero-order chi connectivity index (χ0) is 18.1. The summed E-state index contributed by atoms with van der Waals surface area (Å²) < 4.78 is 5.22. The zero-order valence-electron chi connectivity index (χ0n) is 14.9. The molecular weight excluding hydrogens is 322 g/mol. The van der Waals surface area contributed by atoms with Gasteiger partial charge in [-0.15, -0.1) is 0 Å². The molecule has 134 valence electrons. The Hall–Kier alpha value is -2.48. The predicted molar refractivity (Wildman–Crippen MR) is 91.4 cm³/mol. The van der Waals surface area contributed by atoms with Gasteiger partial charge >= 0.3 is 0 Å². The van der Waals surface area contributed by atoms with Crippen LogP contribution in [0.5, 0.6) is 0 Å². The van der Waals surface area contributed by atoms with Gasteiger partial charge in [-0.05, 0) is 13.8 Å². The van der Waals surface area contributed by atoms with E-state index in [0.29, 0.717) is 36.7 Å². The van der Waals surface area contributed by atoms with E-state index in [1.54, 1.807) is 22.9 Å². The van der Waals surface area contributed by atoms with E-state index in [4.69, 9.17) is 4.52 Å². The van der Waals surface area contributed by atoms with Crippen molar-refractivity contribution in [3.8, 4) is 0 Å². The average Bonchev–Trinajstić information content (AvgIpc) is 3.13. The molecule has 1 fully saturated rings. The lowest BCUT2D eigenvalue weighted by molar-refractivity contribution is 0.0763. The fourth-order valence-corrected chi connectivity index (χ4v) is 3.04. The van der Waals surface area contributed by atoms with Crippen LogP contribution in [0.25, 0.3) is 0 Å². The number of likely N-dealkylation sites (tertiary alicyclic amines) is 1. The molecule has 8 nitrogen and oxygen atoms in total. The molecule has 0 aliphatic carbocycles. The Morgan fingerprint density at radius 2 is 2.16 bits per heavy atom. The molecule has 0 unspecified atom stereocenters. The summed E-state index contributed by atoms with van der Waals surface area (Å²) in [6.45, 7) is 4.41. The van der Waals surface area contributed by atoms with Gasteiger partial charge in [0.25, 0.3) is 5.91 Å². The van der Waals surface area contributed by atoms with Crippen molar-refractivity contribution in [1.29, 1.82) is 0 Å². The summed E-state index contributed by atoms with van der Waals surface area (Å²) in [5.41, 5.74) is 1.91. The largest absolute Gasteiger partial charge is 0.391 e. The van der Waals surface area contributed by atoms with Crippen molar-refractivity contribution < 1.29 is 14.4 Å². The molecule has 2 aromatic rings. The van der Waals surface area contributed by atoms with Crippen LogP contribution < -0.4 is 4.90 Å². The number of rotatable bonds is 4. The number of anilines is 1. The SMILES string of the molecule is Cc1cc(C[C@@H]2CN(C(=O)c3cnc(N(C)C)nc3C)C[C@H]2O)on1. The van der Waals surface area contributed by atoms with Crippen LogP contribution in [0.2, 0.25) is 0 Å². The summed E-state index contributed by atoms with van der Waals surface area (Å²) in [7, 11) is 3.70. The molecule has 8 heteroatoms. The molecule has 0 radical (unpaired) electrons. The molecule has 1 aliphatic rings. The highest BCUT2D eigenvalue weighted by Crippen LogP contribution is 2.24. The molecule has 1 amide bonds. The molecule has 2 aromatic heterocycles. The van der Waals surface area contributed by atoms with Crippen LogP contribution in [0.4, 0.5) is 5.95 Å². The number of amides is 1. The van der Waals surface area contributed by atoms with Crippen molar-refractivity contribution >= 4 is 11.9 Å². The first kappa shape index (κ1) is 17.3. The lowest BCUT2D eigenvalue weighted by Gasteiger charge is -2.18.